The summed E-state index contributed by atoms with van der Waals surface area (Å²) in [5.41, 5.74) is 5.73. The van der Waals surface area contributed by atoms with Crippen molar-refractivity contribution >= 4 is 34.9 Å². The number of nitrogens with zero attached hydrogens (tertiary/aromatic N) is 2. The van der Waals surface area contributed by atoms with E-state index in [9.17, 15) is 41.4 Å². The lowest BCUT2D eigenvalue weighted by Crippen LogP contribution is -2.57. The number of aliphatic hydroxyl groups is 1. The zero-order valence-corrected chi connectivity index (χ0v) is 34.8. The molecule has 336 valence electrons. The third-order valence-electron chi connectivity index (χ3n) is 10.5. The van der Waals surface area contributed by atoms with Gasteiger partial charge in [0.05, 0.1) is 36.1 Å². The Balaban J connectivity index is 0.000000504. The number of carboxylic acids is 2. The van der Waals surface area contributed by atoms with Gasteiger partial charge in [-0.25, -0.2) is 9.59 Å². The Morgan fingerprint density at radius 3 is 2.20 bits per heavy atom. The number of anilines is 1. The molecule has 1 unspecified atom stereocenters. The average molecular weight is 887 g/mol. The van der Waals surface area contributed by atoms with Crippen LogP contribution in [-0.4, -0.2) is 111 Å². The Morgan fingerprint density at radius 2 is 1.59 bits per heavy atom. The monoisotopic (exact) mass is 886 g/mol. The second-order valence-corrected chi connectivity index (χ2v) is 16.4. The number of nitrogens with one attached hydrogen (secondary N) is 2. The maximum Gasteiger partial charge on any atom is 0.490 e. The van der Waals surface area contributed by atoms with Gasteiger partial charge in [0, 0.05) is 49.0 Å². The molecule has 6 N–H and O–H groups in total. The highest BCUT2D eigenvalue weighted by Gasteiger charge is 2.42. The van der Waals surface area contributed by atoms with Crippen LogP contribution in [0.4, 0.5) is 32.0 Å². The van der Waals surface area contributed by atoms with E-state index < -0.39 is 30.4 Å². The van der Waals surface area contributed by atoms with Crippen LogP contribution >= 0.6 is 11.3 Å². The van der Waals surface area contributed by atoms with Gasteiger partial charge in [-0.1, -0.05) is 50.3 Å². The molecule has 61 heavy (non-hydrogen) atoms. The topological polar surface area (TPSA) is 172 Å². The van der Waals surface area contributed by atoms with Gasteiger partial charge in [0.25, 0.3) is 5.91 Å². The summed E-state index contributed by atoms with van der Waals surface area (Å²) in [6.07, 6.45) is -2.49. The fraction of sp³-hybridized carbons (Fsp3) is 0.500. The first-order valence-corrected chi connectivity index (χ1v) is 20.6. The molecule has 1 aromatic heterocycles. The molecule has 6 rings (SSSR count). The number of carbonyl (C=O) groups is 3. The number of ether oxygens (including phenoxy) is 1. The summed E-state index contributed by atoms with van der Waals surface area (Å²) in [5, 5.41) is 44.0. The predicted octanol–water partition coefficient (Wildman–Crippen LogP) is 7.48. The van der Waals surface area contributed by atoms with E-state index in [-0.39, 0.29) is 23.3 Å². The minimum Gasteiger partial charge on any atom is -0.506 e. The maximum atomic E-state index is 13.3. The van der Waals surface area contributed by atoms with E-state index in [0.717, 1.165) is 62.0 Å². The number of benzene rings is 2. The molecule has 3 aromatic rings. The van der Waals surface area contributed by atoms with Crippen LogP contribution in [0, 0.1) is 0 Å². The van der Waals surface area contributed by atoms with Crippen molar-refractivity contribution in [2.45, 2.75) is 95.4 Å². The van der Waals surface area contributed by atoms with Crippen molar-refractivity contribution in [3.8, 4) is 5.75 Å². The number of rotatable bonds is 11. The molecule has 3 aliphatic heterocycles. The third kappa shape index (κ3) is 14.4. The lowest BCUT2D eigenvalue weighted by atomic mass is 9.89. The number of thiophene rings is 1. The van der Waals surface area contributed by atoms with E-state index in [2.05, 4.69) is 66.6 Å². The van der Waals surface area contributed by atoms with Crippen LogP contribution in [0.5, 0.6) is 5.75 Å². The number of phenols is 1. The Kier molecular flexibility index (Phi) is 17.2. The molecule has 0 saturated carbocycles. The zero-order chi connectivity index (χ0) is 45.1. The number of hydrogen-bond donors (Lipinski definition) is 6. The van der Waals surface area contributed by atoms with Crippen molar-refractivity contribution in [1.82, 2.24) is 15.1 Å². The molecular formula is C42H52F6N4O8S. The van der Waals surface area contributed by atoms with Gasteiger partial charge in [0.2, 0.25) is 0 Å². The standard InChI is InChI=1S/C38H50N4O4S.2C2HF3O2/c1-26(2)35-21-30(24-47-35)37(45)42-18-19-46-38(25-42)13-16-41(17-14-38)23-29-7-4-6-28(20-29)10-9-27(3)40-22-34(44)31-11-12-33(43)36-32(31)8-5-15-39-36;2*3-2(4,5)1(6)7/h4-7,11-12,15,20-21,24,26-27,34,39-40,43-44H,8-10,13-14,16-19,22-23,25H2,1-3H3;2*(H,6,7)/t27?,34-;;/m0../s1. The Labute approximate surface area is 353 Å². The van der Waals surface area contributed by atoms with Crippen molar-refractivity contribution in [2.75, 3.05) is 44.6 Å². The number of aliphatic hydroxyl groups excluding tert-OH is 1. The van der Waals surface area contributed by atoms with Crippen LogP contribution < -0.4 is 10.6 Å². The van der Waals surface area contributed by atoms with Crippen molar-refractivity contribution in [1.29, 1.82) is 0 Å². The van der Waals surface area contributed by atoms with Gasteiger partial charge in [0.15, 0.2) is 0 Å². The number of fused-ring (bicyclic) bond motifs is 1. The highest BCUT2D eigenvalue weighted by Crippen LogP contribution is 2.36. The number of alkyl halides is 6. The van der Waals surface area contributed by atoms with E-state index in [1.54, 1.807) is 17.4 Å². The molecule has 0 bridgehead atoms. The number of carbonyl (C=O) groups excluding carboxylic acids is 1. The van der Waals surface area contributed by atoms with Gasteiger partial charge in [0.1, 0.15) is 5.75 Å². The summed E-state index contributed by atoms with van der Waals surface area (Å²) in [6.45, 7) is 11.8. The van der Waals surface area contributed by atoms with Gasteiger partial charge in [-0.2, -0.15) is 26.3 Å². The predicted molar refractivity (Wildman–Crippen MR) is 217 cm³/mol. The number of morpholine rings is 1. The summed E-state index contributed by atoms with van der Waals surface area (Å²) in [7, 11) is 0. The van der Waals surface area contributed by atoms with Crippen molar-refractivity contribution in [2.24, 2.45) is 0 Å². The van der Waals surface area contributed by atoms with Crippen LogP contribution in [0.1, 0.15) is 89.5 Å². The highest BCUT2D eigenvalue weighted by atomic mass is 32.1. The number of amides is 1. The lowest BCUT2D eigenvalue weighted by molar-refractivity contribution is -0.193. The van der Waals surface area contributed by atoms with Crippen molar-refractivity contribution < 1.29 is 65.9 Å². The normalized spacial score (nSPS) is 17.3. The molecule has 0 aliphatic carbocycles. The lowest BCUT2D eigenvalue weighted by Gasteiger charge is -2.47. The van der Waals surface area contributed by atoms with Crippen LogP contribution in [-0.2, 0) is 33.7 Å². The SMILES string of the molecule is CC(CCc1cccc(CN2CCC3(CC2)CN(C(=O)c2csc(C(C)C)c2)CCO3)c1)NC[C@H](O)c1ccc(O)c2c1CC=CN2.O=C(O)C(F)(F)F.O=C(O)C(F)(F)F. The molecule has 3 aliphatic rings. The third-order valence-corrected chi connectivity index (χ3v) is 11.7. The van der Waals surface area contributed by atoms with Crippen LogP contribution in [0.2, 0.25) is 0 Å². The minimum atomic E-state index is -5.08. The fourth-order valence-electron chi connectivity index (χ4n) is 7.10. The second-order valence-electron chi connectivity index (χ2n) is 15.5. The van der Waals surface area contributed by atoms with Crippen LogP contribution in [0.15, 0.2) is 60.1 Å². The maximum absolute atomic E-state index is 13.3. The molecule has 19 heteroatoms. The molecule has 1 amide bonds. The quantitative estimate of drug-likeness (QED) is 0.0834. The Hall–Kier alpha value is -4.69. The Morgan fingerprint density at radius 1 is 0.951 bits per heavy atom. The fourth-order valence-corrected chi connectivity index (χ4v) is 8.00. The van der Waals surface area contributed by atoms with Crippen molar-refractivity contribution in [3.63, 3.8) is 0 Å². The van der Waals surface area contributed by atoms with Gasteiger partial charge in [-0.15, -0.1) is 11.3 Å². The molecule has 1 spiro atoms. The number of likely N-dealkylation sites (tertiary alicyclic amines) is 1. The largest absolute Gasteiger partial charge is 0.506 e. The van der Waals surface area contributed by atoms with E-state index in [4.69, 9.17) is 24.5 Å². The van der Waals surface area contributed by atoms with E-state index in [1.165, 1.54) is 16.0 Å². The summed E-state index contributed by atoms with van der Waals surface area (Å²) in [5.74, 6) is -4.73. The molecule has 0 radical (unpaired) electrons. The van der Waals surface area contributed by atoms with Crippen LogP contribution in [0.3, 0.4) is 0 Å². The van der Waals surface area contributed by atoms with Crippen molar-refractivity contribution in [3.05, 3.63) is 92.8 Å². The average Bonchev–Trinajstić information content (AvgIpc) is 3.71. The number of aryl methyl sites for hydroxylation is 1. The highest BCUT2D eigenvalue weighted by molar-refractivity contribution is 7.10. The van der Waals surface area contributed by atoms with Gasteiger partial charge in [-0.3, -0.25) is 9.69 Å². The van der Waals surface area contributed by atoms with E-state index in [1.807, 2.05) is 28.6 Å². The molecule has 4 heterocycles. The number of aromatic hydroxyl groups is 1. The molecule has 2 atom stereocenters. The molecule has 2 aromatic carbocycles. The van der Waals surface area contributed by atoms with E-state index in [0.29, 0.717) is 44.3 Å². The van der Waals surface area contributed by atoms with Gasteiger partial charge in [-0.05, 0) is 85.5 Å². The zero-order valence-electron chi connectivity index (χ0n) is 34.0. The first kappa shape index (κ1) is 49.0. The summed E-state index contributed by atoms with van der Waals surface area (Å²) < 4.78 is 69.8. The number of carboxylic acid groups (broad SMARTS) is 2. The van der Waals surface area contributed by atoms with Gasteiger partial charge >= 0.3 is 24.3 Å². The summed E-state index contributed by atoms with van der Waals surface area (Å²) in [6, 6.07) is 14.7. The first-order valence-electron chi connectivity index (χ1n) is 19.7. The second kappa shape index (κ2) is 21.4. The Bertz CT molecular complexity index is 1960. The van der Waals surface area contributed by atoms with Gasteiger partial charge < -0.3 is 40.7 Å². The van der Waals surface area contributed by atoms with Crippen LogP contribution in [0.25, 0.3) is 0 Å². The van der Waals surface area contributed by atoms with E-state index >= 15 is 0 Å². The number of aliphatic carboxylic acids is 2. The summed E-state index contributed by atoms with van der Waals surface area (Å²) in [4.78, 5) is 36.9. The summed E-state index contributed by atoms with van der Waals surface area (Å²) >= 11 is 1.68. The minimum absolute atomic E-state index is 0.141. The number of piperidine rings is 1. The number of phenolic OH excluding ortho intramolecular Hbond substituents is 1. The number of allylic oxidation sites excluding steroid dienone is 1. The number of hydrogen-bond acceptors (Lipinski definition) is 10. The number of halogens is 6. The molecule has 12 nitrogen and oxygen atoms in total. The molecular weight excluding hydrogens is 835 g/mol. The molecule has 2 fully saturated rings. The molecule has 2 saturated heterocycles. The smallest absolute Gasteiger partial charge is 0.490 e. The first-order chi connectivity index (χ1) is 28.6.